The zero-order valence-corrected chi connectivity index (χ0v) is 10.3. The summed E-state index contributed by atoms with van der Waals surface area (Å²) >= 11 is 0. The largest absolute Gasteiger partial charge is 0.481 e. The average Bonchev–Trinajstić information content (AvgIpc) is 2.37. The molecule has 0 aromatic heterocycles. The average molecular weight is 260 g/mol. The summed E-state index contributed by atoms with van der Waals surface area (Å²) in [4.78, 5) is 23.6. The lowest BCUT2D eigenvalue weighted by Crippen LogP contribution is -2.54. The van der Waals surface area contributed by atoms with Gasteiger partial charge < -0.3 is 25.2 Å². The number of nitrogens with zero attached hydrogens (tertiary/aromatic N) is 1. The zero-order chi connectivity index (χ0) is 13.4. The minimum Gasteiger partial charge on any atom is -0.481 e. The minimum absolute atomic E-state index is 0.118. The van der Waals surface area contributed by atoms with Gasteiger partial charge in [0.2, 0.25) is 0 Å². The van der Waals surface area contributed by atoms with Crippen molar-refractivity contribution in [2.75, 3.05) is 32.9 Å². The number of aliphatic carboxylic acids is 1. The number of ether oxygens (including phenoxy) is 1. The van der Waals surface area contributed by atoms with Gasteiger partial charge in [-0.2, -0.15) is 0 Å². The number of carboxylic acids is 1. The predicted molar refractivity (Wildman–Crippen MR) is 63.3 cm³/mol. The number of nitrogens with one attached hydrogen (secondary N) is 1. The molecule has 3 N–H and O–H groups in total. The van der Waals surface area contributed by atoms with Crippen LogP contribution >= 0.6 is 0 Å². The lowest BCUT2D eigenvalue weighted by atomic mass is 10.2. The van der Waals surface area contributed by atoms with Crippen LogP contribution in [0.3, 0.4) is 0 Å². The number of morpholine rings is 1. The third-order valence-electron chi connectivity index (χ3n) is 2.79. The van der Waals surface area contributed by atoms with Gasteiger partial charge in [0.1, 0.15) is 0 Å². The van der Waals surface area contributed by atoms with Crippen LogP contribution in [0.15, 0.2) is 0 Å². The maximum Gasteiger partial charge on any atom is 0.317 e. The molecule has 0 aromatic rings. The smallest absolute Gasteiger partial charge is 0.317 e. The highest BCUT2D eigenvalue weighted by Crippen LogP contribution is 2.06. The van der Waals surface area contributed by atoms with Crippen molar-refractivity contribution in [3.8, 4) is 0 Å². The molecule has 1 saturated heterocycles. The first-order chi connectivity index (χ1) is 8.65. The monoisotopic (exact) mass is 260 g/mol. The van der Waals surface area contributed by atoms with Crippen molar-refractivity contribution >= 4 is 12.0 Å². The normalized spacial score (nSPS) is 19.6. The summed E-state index contributed by atoms with van der Waals surface area (Å²) in [6.45, 7) is 1.62. The number of rotatable bonds is 6. The van der Waals surface area contributed by atoms with Crippen molar-refractivity contribution in [1.29, 1.82) is 0 Å². The molecule has 1 rings (SSSR count). The van der Waals surface area contributed by atoms with Crippen molar-refractivity contribution in [3.63, 3.8) is 0 Å². The number of amides is 2. The molecular formula is C11H20N2O5. The van der Waals surface area contributed by atoms with Crippen molar-refractivity contribution in [2.24, 2.45) is 0 Å². The van der Waals surface area contributed by atoms with E-state index in [1.54, 1.807) is 4.90 Å². The summed E-state index contributed by atoms with van der Waals surface area (Å²) in [6, 6.07) is -0.523. The van der Waals surface area contributed by atoms with E-state index in [1.807, 2.05) is 0 Å². The Morgan fingerprint density at radius 3 is 2.83 bits per heavy atom. The van der Waals surface area contributed by atoms with Gasteiger partial charge in [-0.3, -0.25) is 4.79 Å². The number of hydrogen-bond donors (Lipinski definition) is 3. The Balaban J connectivity index is 2.20. The lowest BCUT2D eigenvalue weighted by molar-refractivity contribution is -0.137. The fourth-order valence-electron chi connectivity index (χ4n) is 1.77. The number of carboxylic acid groups (broad SMARTS) is 1. The second-order valence-corrected chi connectivity index (χ2v) is 4.19. The number of carbonyl (C=O) groups is 2. The molecule has 7 heteroatoms. The highest BCUT2D eigenvalue weighted by Gasteiger charge is 2.26. The quantitative estimate of drug-likeness (QED) is 0.567. The molecule has 1 atom stereocenters. The topological polar surface area (TPSA) is 99.1 Å². The standard InChI is InChI=1S/C11H20N2O5/c14-7-9-8-18-6-5-13(9)11(17)12-4-2-1-3-10(15)16/h9,14H,1-8H2,(H,12,17)(H,15,16). The lowest BCUT2D eigenvalue weighted by Gasteiger charge is -2.34. The number of urea groups is 1. The van der Waals surface area contributed by atoms with E-state index in [2.05, 4.69) is 5.32 Å². The van der Waals surface area contributed by atoms with Crippen LogP contribution < -0.4 is 5.32 Å². The van der Waals surface area contributed by atoms with Crippen LogP contribution in [0.4, 0.5) is 4.79 Å². The van der Waals surface area contributed by atoms with Gasteiger partial charge in [-0.25, -0.2) is 4.79 Å². The van der Waals surface area contributed by atoms with E-state index in [-0.39, 0.29) is 25.1 Å². The molecule has 0 bridgehead atoms. The van der Waals surface area contributed by atoms with E-state index in [0.29, 0.717) is 39.1 Å². The van der Waals surface area contributed by atoms with Gasteiger partial charge in [-0.05, 0) is 12.8 Å². The maximum absolute atomic E-state index is 11.8. The van der Waals surface area contributed by atoms with E-state index in [0.717, 1.165) is 0 Å². The SMILES string of the molecule is O=C(O)CCCCNC(=O)N1CCOCC1CO. The van der Waals surface area contributed by atoms with Gasteiger partial charge in [0.25, 0.3) is 0 Å². The van der Waals surface area contributed by atoms with Crippen LogP contribution in [-0.2, 0) is 9.53 Å². The van der Waals surface area contributed by atoms with Crippen LogP contribution in [0.2, 0.25) is 0 Å². The number of unbranched alkanes of at least 4 members (excludes halogenated alkanes) is 1. The summed E-state index contributed by atoms with van der Waals surface area (Å²) in [5.41, 5.74) is 0. The zero-order valence-electron chi connectivity index (χ0n) is 10.3. The molecule has 1 fully saturated rings. The van der Waals surface area contributed by atoms with Crippen LogP contribution in [0.5, 0.6) is 0 Å². The van der Waals surface area contributed by atoms with Crippen molar-refractivity contribution in [2.45, 2.75) is 25.3 Å². The van der Waals surface area contributed by atoms with E-state index in [1.165, 1.54) is 0 Å². The Hall–Kier alpha value is -1.34. The van der Waals surface area contributed by atoms with Gasteiger partial charge in [0.05, 0.1) is 25.9 Å². The van der Waals surface area contributed by atoms with Crippen LogP contribution in [-0.4, -0.2) is 66.1 Å². The fourth-order valence-corrected chi connectivity index (χ4v) is 1.77. The van der Waals surface area contributed by atoms with Gasteiger partial charge in [0.15, 0.2) is 0 Å². The van der Waals surface area contributed by atoms with Crippen LogP contribution in [0, 0.1) is 0 Å². The first-order valence-corrected chi connectivity index (χ1v) is 6.10. The molecule has 1 unspecified atom stereocenters. The Bertz CT molecular complexity index is 285. The third-order valence-corrected chi connectivity index (χ3v) is 2.79. The van der Waals surface area contributed by atoms with Gasteiger partial charge >= 0.3 is 12.0 Å². The van der Waals surface area contributed by atoms with Gasteiger partial charge in [-0.1, -0.05) is 0 Å². The summed E-state index contributed by atoms with van der Waals surface area (Å²) in [7, 11) is 0. The van der Waals surface area contributed by atoms with E-state index in [4.69, 9.17) is 14.9 Å². The molecule has 0 saturated carbocycles. The van der Waals surface area contributed by atoms with E-state index >= 15 is 0 Å². The summed E-state index contributed by atoms with van der Waals surface area (Å²) in [5, 5.41) is 20.3. The van der Waals surface area contributed by atoms with Crippen LogP contribution in [0.1, 0.15) is 19.3 Å². The van der Waals surface area contributed by atoms with E-state index < -0.39 is 5.97 Å². The second kappa shape index (κ2) is 7.88. The Morgan fingerprint density at radius 2 is 2.17 bits per heavy atom. The Morgan fingerprint density at radius 1 is 1.39 bits per heavy atom. The molecule has 0 aromatic carbocycles. The molecule has 104 valence electrons. The van der Waals surface area contributed by atoms with E-state index in [9.17, 15) is 9.59 Å². The molecule has 0 aliphatic carbocycles. The maximum atomic E-state index is 11.8. The fraction of sp³-hybridized carbons (Fsp3) is 0.818. The highest BCUT2D eigenvalue weighted by molar-refractivity contribution is 5.74. The Labute approximate surface area is 106 Å². The number of aliphatic hydroxyl groups is 1. The molecular weight excluding hydrogens is 240 g/mol. The number of aliphatic hydroxyl groups excluding tert-OH is 1. The molecule has 18 heavy (non-hydrogen) atoms. The van der Waals surface area contributed by atoms with Crippen molar-refractivity contribution in [3.05, 3.63) is 0 Å². The summed E-state index contributed by atoms with van der Waals surface area (Å²) < 4.78 is 5.18. The molecule has 7 nitrogen and oxygen atoms in total. The molecule has 0 radical (unpaired) electrons. The first kappa shape index (κ1) is 14.7. The Kier molecular flexibility index (Phi) is 6.45. The predicted octanol–water partition coefficient (Wildman–Crippen LogP) is -0.356. The third kappa shape index (κ3) is 4.89. The molecule has 2 amide bonds. The van der Waals surface area contributed by atoms with Crippen LogP contribution in [0.25, 0.3) is 0 Å². The highest BCUT2D eigenvalue weighted by atomic mass is 16.5. The van der Waals surface area contributed by atoms with Crippen molar-refractivity contribution < 1.29 is 24.5 Å². The summed E-state index contributed by atoms with van der Waals surface area (Å²) in [5.74, 6) is -0.824. The van der Waals surface area contributed by atoms with Gasteiger partial charge in [-0.15, -0.1) is 0 Å². The number of carbonyl (C=O) groups excluding carboxylic acids is 1. The molecule has 0 spiro atoms. The molecule has 1 aliphatic rings. The molecule has 1 aliphatic heterocycles. The van der Waals surface area contributed by atoms with Crippen molar-refractivity contribution in [1.82, 2.24) is 10.2 Å². The van der Waals surface area contributed by atoms with Gasteiger partial charge in [0, 0.05) is 19.5 Å². The number of hydrogen-bond acceptors (Lipinski definition) is 4. The first-order valence-electron chi connectivity index (χ1n) is 6.10. The second-order valence-electron chi connectivity index (χ2n) is 4.19. The minimum atomic E-state index is -0.824. The summed E-state index contributed by atoms with van der Waals surface area (Å²) in [6.07, 6.45) is 1.29. The molecule has 1 heterocycles.